The van der Waals surface area contributed by atoms with Gasteiger partial charge in [-0.25, -0.2) is 8.42 Å². The molecule has 0 fully saturated rings. The minimum Gasteiger partial charge on any atom is -0.497 e. The molecule has 0 bridgehead atoms. The highest BCUT2D eigenvalue weighted by atomic mass is 35.5. The molecule has 0 saturated carbocycles. The smallest absolute Gasteiger partial charge is 0.264 e. The van der Waals surface area contributed by atoms with E-state index in [-0.39, 0.29) is 41.1 Å². The summed E-state index contributed by atoms with van der Waals surface area (Å²) in [5, 5.41) is 3.38. The Labute approximate surface area is 293 Å². The maximum absolute atomic E-state index is 14.7. The molecule has 1 atom stereocenters. The van der Waals surface area contributed by atoms with Gasteiger partial charge < -0.3 is 24.4 Å². The lowest BCUT2D eigenvalue weighted by molar-refractivity contribution is -0.140. The van der Waals surface area contributed by atoms with Gasteiger partial charge >= 0.3 is 0 Å². The molecule has 2 amide bonds. The number of hydrogen-bond donors (Lipinski definition) is 1. The summed E-state index contributed by atoms with van der Waals surface area (Å²) in [5.74, 6) is 0.340. The zero-order valence-corrected chi connectivity index (χ0v) is 29.8. The fraction of sp³-hybridized carbons (Fsp3) is 0.297. The van der Waals surface area contributed by atoms with Gasteiger partial charge in [-0.15, -0.1) is 0 Å². The number of rotatable bonds is 16. The van der Waals surface area contributed by atoms with Crippen LogP contribution < -0.4 is 23.8 Å². The summed E-state index contributed by atoms with van der Waals surface area (Å²) in [4.78, 5) is 29.9. The number of amides is 2. The zero-order chi connectivity index (χ0) is 35.6. The molecule has 4 aromatic rings. The van der Waals surface area contributed by atoms with Crippen molar-refractivity contribution in [3.05, 3.63) is 113 Å². The molecular weight excluding hydrogens is 666 g/mol. The summed E-state index contributed by atoms with van der Waals surface area (Å²) in [6.07, 6.45) is 0.198. The molecule has 10 nitrogen and oxygen atoms in total. The van der Waals surface area contributed by atoms with Gasteiger partial charge in [-0.1, -0.05) is 67.9 Å². The van der Waals surface area contributed by atoms with E-state index < -0.39 is 28.5 Å². The molecular formula is C37H42ClN3O7S. The first-order valence-corrected chi connectivity index (χ1v) is 17.5. The van der Waals surface area contributed by atoms with Crippen LogP contribution in [0.3, 0.4) is 0 Å². The number of halogens is 1. The Morgan fingerprint density at radius 3 is 2.10 bits per heavy atom. The van der Waals surface area contributed by atoms with Gasteiger partial charge in [0, 0.05) is 30.6 Å². The van der Waals surface area contributed by atoms with Crippen LogP contribution in [0.15, 0.2) is 102 Å². The average molecular weight is 708 g/mol. The lowest BCUT2D eigenvalue weighted by Crippen LogP contribution is -2.53. The number of carbonyl (C=O) groups excluding carboxylic acids is 2. The Bertz CT molecular complexity index is 1820. The number of benzene rings is 4. The van der Waals surface area contributed by atoms with E-state index in [9.17, 15) is 18.0 Å². The van der Waals surface area contributed by atoms with E-state index in [2.05, 4.69) is 5.32 Å². The molecule has 1 N–H and O–H groups in total. The van der Waals surface area contributed by atoms with Crippen molar-refractivity contribution in [3.63, 3.8) is 0 Å². The molecule has 4 rings (SSSR count). The van der Waals surface area contributed by atoms with E-state index in [1.165, 1.54) is 49.5 Å². The average Bonchev–Trinajstić information content (AvgIpc) is 3.11. The number of nitrogens with zero attached hydrogens (tertiary/aromatic N) is 2. The van der Waals surface area contributed by atoms with Crippen LogP contribution in [0.5, 0.6) is 17.2 Å². The molecule has 0 heterocycles. The number of anilines is 1. The molecule has 0 saturated heterocycles. The molecule has 12 heteroatoms. The highest BCUT2D eigenvalue weighted by Gasteiger charge is 2.35. The quantitative estimate of drug-likeness (QED) is 0.153. The third-order valence-electron chi connectivity index (χ3n) is 7.78. The van der Waals surface area contributed by atoms with E-state index in [4.69, 9.17) is 25.8 Å². The summed E-state index contributed by atoms with van der Waals surface area (Å²) >= 11 is 6.17. The van der Waals surface area contributed by atoms with Crippen LogP contribution >= 0.6 is 11.6 Å². The van der Waals surface area contributed by atoms with Crippen LogP contribution in [-0.2, 0) is 32.6 Å². The third-order valence-corrected chi connectivity index (χ3v) is 9.80. The number of carbonyl (C=O) groups is 2. The topological polar surface area (TPSA) is 114 Å². The molecule has 0 aliphatic heterocycles. The van der Waals surface area contributed by atoms with Gasteiger partial charge in [0.15, 0.2) is 11.5 Å². The van der Waals surface area contributed by atoms with Crippen molar-refractivity contribution in [1.29, 1.82) is 0 Å². The van der Waals surface area contributed by atoms with Crippen molar-refractivity contribution < 1.29 is 32.2 Å². The second kappa shape index (κ2) is 17.1. The minimum atomic E-state index is -4.38. The Morgan fingerprint density at radius 1 is 0.796 bits per heavy atom. The van der Waals surface area contributed by atoms with Gasteiger partial charge in [-0.3, -0.25) is 13.9 Å². The van der Waals surface area contributed by atoms with Gasteiger partial charge in [0.25, 0.3) is 10.0 Å². The lowest BCUT2D eigenvalue weighted by atomic mass is 10.0. The normalized spacial score (nSPS) is 11.8. The molecule has 4 aromatic carbocycles. The van der Waals surface area contributed by atoms with Crippen LogP contribution in [0.25, 0.3) is 0 Å². The van der Waals surface area contributed by atoms with Gasteiger partial charge in [0.2, 0.25) is 11.8 Å². The predicted octanol–water partition coefficient (Wildman–Crippen LogP) is 5.97. The van der Waals surface area contributed by atoms with Gasteiger partial charge in [-0.2, -0.15) is 0 Å². The van der Waals surface area contributed by atoms with E-state index in [0.29, 0.717) is 28.6 Å². The molecule has 260 valence electrons. The Morgan fingerprint density at radius 2 is 1.47 bits per heavy atom. The first kappa shape index (κ1) is 37.1. The Hall–Kier alpha value is -4.74. The Kier molecular flexibility index (Phi) is 12.9. The molecule has 0 aliphatic rings. The maximum Gasteiger partial charge on any atom is 0.264 e. The number of nitrogens with one attached hydrogen (secondary N) is 1. The third kappa shape index (κ3) is 9.67. The highest BCUT2D eigenvalue weighted by molar-refractivity contribution is 7.92. The second-order valence-electron chi connectivity index (χ2n) is 11.7. The predicted molar refractivity (Wildman–Crippen MR) is 191 cm³/mol. The second-order valence-corrected chi connectivity index (χ2v) is 14.0. The van der Waals surface area contributed by atoms with Gasteiger partial charge in [-0.05, 0) is 65.6 Å². The maximum atomic E-state index is 14.7. The van der Waals surface area contributed by atoms with Crippen molar-refractivity contribution >= 4 is 39.1 Å². The SMILES string of the molecule is COc1cccc(CN(C(=O)CN(c2ccc(Cl)cc2)S(=O)(=O)c2ccc(OC)c(OC)c2)C(Cc2ccccc2)C(=O)NCC(C)C)c1. The number of sulfonamides is 1. The van der Waals surface area contributed by atoms with Gasteiger partial charge in [0.05, 0.1) is 31.9 Å². The molecule has 1 unspecified atom stereocenters. The molecule has 0 spiro atoms. The number of methoxy groups -OCH3 is 3. The van der Waals surface area contributed by atoms with E-state index in [1.54, 1.807) is 37.4 Å². The first-order valence-electron chi connectivity index (χ1n) is 15.7. The fourth-order valence-corrected chi connectivity index (χ4v) is 6.74. The highest BCUT2D eigenvalue weighted by Crippen LogP contribution is 2.33. The van der Waals surface area contributed by atoms with Crippen LogP contribution in [-0.4, -0.2) is 65.6 Å². The first-order chi connectivity index (χ1) is 23.5. The van der Waals surface area contributed by atoms with Crippen LogP contribution in [0, 0.1) is 5.92 Å². The van der Waals surface area contributed by atoms with Crippen molar-refractivity contribution in [2.24, 2.45) is 5.92 Å². The molecule has 49 heavy (non-hydrogen) atoms. The van der Waals surface area contributed by atoms with Crippen LogP contribution in [0.1, 0.15) is 25.0 Å². The number of ether oxygens (including phenoxy) is 3. The number of hydrogen-bond acceptors (Lipinski definition) is 7. The van der Waals surface area contributed by atoms with E-state index in [0.717, 1.165) is 9.87 Å². The van der Waals surface area contributed by atoms with Crippen molar-refractivity contribution in [2.75, 3.05) is 38.7 Å². The molecule has 0 aromatic heterocycles. The van der Waals surface area contributed by atoms with Crippen molar-refractivity contribution in [1.82, 2.24) is 10.2 Å². The summed E-state index contributed by atoms with van der Waals surface area (Å²) in [5.41, 5.74) is 1.74. The molecule has 0 radical (unpaired) electrons. The Balaban J connectivity index is 1.83. The summed E-state index contributed by atoms with van der Waals surface area (Å²) < 4.78 is 45.9. The largest absolute Gasteiger partial charge is 0.497 e. The standard InChI is InChI=1S/C37H42ClN3O7S/c1-26(2)23-39-37(43)33(21-27-10-7-6-8-11-27)40(24-28-12-9-13-31(20-28)46-3)36(42)25-41(30-16-14-29(38)15-17-30)49(44,45)32-18-19-34(47-4)35(22-32)48-5/h6-20,22,26,33H,21,23-25H2,1-5H3,(H,39,43). The van der Waals surface area contributed by atoms with Crippen molar-refractivity contribution in [2.45, 2.75) is 37.8 Å². The van der Waals surface area contributed by atoms with Crippen LogP contribution in [0.2, 0.25) is 5.02 Å². The van der Waals surface area contributed by atoms with E-state index >= 15 is 0 Å². The van der Waals surface area contributed by atoms with Crippen molar-refractivity contribution in [3.8, 4) is 17.2 Å². The van der Waals surface area contributed by atoms with Crippen LogP contribution in [0.4, 0.5) is 5.69 Å². The summed E-state index contributed by atoms with van der Waals surface area (Å²) in [7, 11) is 0.0223. The van der Waals surface area contributed by atoms with Gasteiger partial charge in [0.1, 0.15) is 18.3 Å². The summed E-state index contributed by atoms with van der Waals surface area (Å²) in [6, 6.07) is 25.9. The monoisotopic (exact) mass is 707 g/mol. The summed E-state index contributed by atoms with van der Waals surface area (Å²) in [6.45, 7) is 3.75. The van der Waals surface area contributed by atoms with E-state index in [1.807, 2.05) is 50.2 Å². The molecule has 0 aliphatic carbocycles. The lowest BCUT2D eigenvalue weighted by Gasteiger charge is -2.34. The fourth-order valence-electron chi connectivity index (χ4n) is 5.18. The zero-order valence-electron chi connectivity index (χ0n) is 28.3. The minimum absolute atomic E-state index is 0.00744.